The van der Waals surface area contributed by atoms with E-state index in [4.69, 9.17) is 5.73 Å². The van der Waals surface area contributed by atoms with Crippen molar-refractivity contribution in [2.45, 2.75) is 0 Å². The molecule has 0 spiro atoms. The molecule has 0 atom stereocenters. The summed E-state index contributed by atoms with van der Waals surface area (Å²) in [6.45, 7) is 0. The number of nitrogens with zero attached hydrogens (tertiary/aromatic N) is 2. The molecular weight excluding hydrogens is 181 g/mol. The zero-order chi connectivity index (χ0) is 9.97. The second-order valence-corrected chi connectivity index (χ2v) is 2.85. The Kier molecular flexibility index (Phi) is 2.10. The first kappa shape index (κ1) is 8.62. The van der Waals surface area contributed by atoms with Crippen molar-refractivity contribution in [1.82, 2.24) is 10.2 Å². The van der Waals surface area contributed by atoms with E-state index in [2.05, 4.69) is 10.2 Å². The van der Waals surface area contributed by atoms with Gasteiger partial charge in [-0.15, -0.1) is 0 Å². The molecule has 2 aromatic rings. The Hall–Kier alpha value is -1.97. The first-order valence-corrected chi connectivity index (χ1v) is 4.10. The SMILES string of the molecule is Nc1cnnc(-c2ccccc2F)c1. The molecule has 70 valence electrons. The van der Waals surface area contributed by atoms with Gasteiger partial charge in [-0.25, -0.2) is 4.39 Å². The largest absolute Gasteiger partial charge is 0.397 e. The fourth-order valence-electron chi connectivity index (χ4n) is 1.18. The van der Waals surface area contributed by atoms with Gasteiger partial charge in [0.25, 0.3) is 0 Å². The molecule has 0 unspecified atom stereocenters. The minimum Gasteiger partial charge on any atom is -0.397 e. The Balaban J connectivity index is 2.55. The van der Waals surface area contributed by atoms with Gasteiger partial charge in [0.15, 0.2) is 0 Å². The van der Waals surface area contributed by atoms with Gasteiger partial charge in [0.1, 0.15) is 5.82 Å². The zero-order valence-electron chi connectivity index (χ0n) is 7.31. The van der Waals surface area contributed by atoms with Gasteiger partial charge >= 0.3 is 0 Å². The van der Waals surface area contributed by atoms with Gasteiger partial charge in [-0.3, -0.25) is 0 Å². The van der Waals surface area contributed by atoms with Gasteiger partial charge in [-0.2, -0.15) is 10.2 Å². The summed E-state index contributed by atoms with van der Waals surface area (Å²) in [6.07, 6.45) is 1.42. The first-order chi connectivity index (χ1) is 6.77. The third-order valence-electron chi connectivity index (χ3n) is 1.83. The smallest absolute Gasteiger partial charge is 0.132 e. The maximum atomic E-state index is 13.3. The van der Waals surface area contributed by atoms with E-state index in [1.165, 1.54) is 12.3 Å². The van der Waals surface area contributed by atoms with Crippen LogP contribution in [0.4, 0.5) is 10.1 Å². The highest BCUT2D eigenvalue weighted by Gasteiger charge is 2.05. The van der Waals surface area contributed by atoms with Crippen LogP contribution in [0.2, 0.25) is 0 Å². The van der Waals surface area contributed by atoms with Crippen LogP contribution in [-0.4, -0.2) is 10.2 Å². The highest BCUT2D eigenvalue weighted by Crippen LogP contribution is 2.20. The normalized spacial score (nSPS) is 10.1. The molecule has 1 heterocycles. The summed E-state index contributed by atoms with van der Waals surface area (Å²) in [5.41, 5.74) is 6.85. The van der Waals surface area contributed by atoms with Crippen molar-refractivity contribution in [1.29, 1.82) is 0 Å². The molecule has 0 bridgehead atoms. The van der Waals surface area contributed by atoms with E-state index in [1.807, 2.05) is 0 Å². The predicted octanol–water partition coefficient (Wildman–Crippen LogP) is 1.86. The topological polar surface area (TPSA) is 51.8 Å². The number of anilines is 1. The Morgan fingerprint density at radius 3 is 2.71 bits per heavy atom. The summed E-state index contributed by atoms with van der Waals surface area (Å²) in [5, 5.41) is 7.46. The summed E-state index contributed by atoms with van der Waals surface area (Å²) in [7, 11) is 0. The van der Waals surface area contributed by atoms with Crippen molar-refractivity contribution in [3.8, 4) is 11.3 Å². The number of aromatic nitrogens is 2. The molecule has 2 N–H and O–H groups in total. The van der Waals surface area contributed by atoms with Gasteiger partial charge in [-0.1, -0.05) is 12.1 Å². The lowest BCUT2D eigenvalue weighted by Gasteiger charge is -2.01. The van der Waals surface area contributed by atoms with Gasteiger partial charge in [0.05, 0.1) is 17.6 Å². The Bertz CT molecular complexity index is 457. The molecule has 14 heavy (non-hydrogen) atoms. The number of benzene rings is 1. The lowest BCUT2D eigenvalue weighted by molar-refractivity contribution is 0.630. The zero-order valence-corrected chi connectivity index (χ0v) is 7.31. The molecule has 4 heteroatoms. The van der Waals surface area contributed by atoms with Crippen LogP contribution in [0.3, 0.4) is 0 Å². The van der Waals surface area contributed by atoms with Gasteiger partial charge in [-0.05, 0) is 18.2 Å². The third kappa shape index (κ3) is 1.54. The van der Waals surface area contributed by atoms with Crippen LogP contribution in [0.25, 0.3) is 11.3 Å². The van der Waals surface area contributed by atoms with E-state index >= 15 is 0 Å². The molecule has 3 nitrogen and oxygen atoms in total. The van der Waals surface area contributed by atoms with Crippen LogP contribution < -0.4 is 5.73 Å². The summed E-state index contributed by atoms with van der Waals surface area (Å²) in [6, 6.07) is 7.96. The van der Waals surface area contributed by atoms with Crippen molar-refractivity contribution >= 4 is 5.69 Å². The molecule has 0 saturated carbocycles. The maximum absolute atomic E-state index is 13.3. The van der Waals surface area contributed by atoms with Crippen molar-refractivity contribution in [2.24, 2.45) is 0 Å². The second-order valence-electron chi connectivity index (χ2n) is 2.85. The molecule has 0 aliphatic rings. The average Bonchev–Trinajstić information content (AvgIpc) is 2.18. The van der Waals surface area contributed by atoms with Gasteiger partial charge in [0, 0.05) is 5.56 Å². The quantitative estimate of drug-likeness (QED) is 0.744. The summed E-state index contributed by atoms with van der Waals surface area (Å²) < 4.78 is 13.3. The molecule has 2 rings (SSSR count). The fraction of sp³-hybridized carbons (Fsp3) is 0. The maximum Gasteiger partial charge on any atom is 0.132 e. The van der Waals surface area contributed by atoms with Crippen LogP contribution in [0.1, 0.15) is 0 Å². The van der Waals surface area contributed by atoms with E-state index in [1.54, 1.807) is 24.3 Å². The molecule has 1 aromatic carbocycles. The van der Waals surface area contributed by atoms with E-state index < -0.39 is 0 Å². The minimum atomic E-state index is -0.326. The number of nitrogens with two attached hydrogens (primary N) is 1. The van der Waals surface area contributed by atoms with Gasteiger partial charge in [0.2, 0.25) is 0 Å². The highest BCUT2D eigenvalue weighted by molar-refractivity contribution is 5.62. The standard InChI is InChI=1S/C10H8FN3/c11-9-4-2-1-3-8(9)10-5-7(12)6-13-14-10/h1-6H,(H2,12,14). The van der Waals surface area contributed by atoms with Crippen LogP contribution >= 0.6 is 0 Å². The number of hydrogen-bond donors (Lipinski definition) is 1. The van der Waals surface area contributed by atoms with Crippen LogP contribution in [0.15, 0.2) is 36.5 Å². The molecule has 0 aliphatic carbocycles. The summed E-state index contributed by atoms with van der Waals surface area (Å²) in [4.78, 5) is 0. The fourth-order valence-corrected chi connectivity index (χ4v) is 1.18. The molecule has 1 aromatic heterocycles. The van der Waals surface area contributed by atoms with E-state index in [0.717, 1.165) is 0 Å². The predicted molar refractivity (Wildman–Crippen MR) is 51.8 cm³/mol. The van der Waals surface area contributed by atoms with E-state index in [9.17, 15) is 4.39 Å². The number of hydrogen-bond acceptors (Lipinski definition) is 3. The molecule has 0 amide bonds. The number of rotatable bonds is 1. The summed E-state index contributed by atoms with van der Waals surface area (Å²) >= 11 is 0. The minimum absolute atomic E-state index is 0.326. The van der Waals surface area contributed by atoms with Crippen LogP contribution in [-0.2, 0) is 0 Å². The van der Waals surface area contributed by atoms with Crippen molar-refractivity contribution in [3.05, 3.63) is 42.3 Å². The van der Waals surface area contributed by atoms with Crippen molar-refractivity contribution in [2.75, 3.05) is 5.73 Å². The van der Waals surface area contributed by atoms with Crippen molar-refractivity contribution < 1.29 is 4.39 Å². The first-order valence-electron chi connectivity index (χ1n) is 4.10. The van der Waals surface area contributed by atoms with Crippen LogP contribution in [0, 0.1) is 5.82 Å². The Morgan fingerprint density at radius 2 is 2.00 bits per heavy atom. The molecule has 0 fully saturated rings. The van der Waals surface area contributed by atoms with E-state index in [0.29, 0.717) is 16.9 Å². The third-order valence-corrected chi connectivity index (χ3v) is 1.83. The monoisotopic (exact) mass is 189 g/mol. The molecular formula is C10H8FN3. The highest BCUT2D eigenvalue weighted by atomic mass is 19.1. The van der Waals surface area contributed by atoms with E-state index in [-0.39, 0.29) is 5.82 Å². The summed E-state index contributed by atoms with van der Waals surface area (Å²) in [5.74, 6) is -0.326. The van der Waals surface area contributed by atoms with Crippen molar-refractivity contribution in [3.63, 3.8) is 0 Å². The van der Waals surface area contributed by atoms with Gasteiger partial charge < -0.3 is 5.73 Å². The number of nitrogen functional groups attached to an aromatic ring is 1. The lowest BCUT2D eigenvalue weighted by atomic mass is 10.1. The Labute approximate surface area is 80.4 Å². The average molecular weight is 189 g/mol. The Morgan fingerprint density at radius 1 is 1.21 bits per heavy atom. The number of halogens is 1. The molecule has 0 saturated heterocycles. The second kappa shape index (κ2) is 3.41. The molecule has 0 radical (unpaired) electrons. The molecule has 0 aliphatic heterocycles. The van der Waals surface area contributed by atoms with Crippen LogP contribution in [0.5, 0.6) is 0 Å². The lowest BCUT2D eigenvalue weighted by Crippen LogP contribution is -1.93.